The number of carboxylic acid groups (broad SMARTS) is 1. The molecule has 0 bridgehead atoms. The molecule has 2 aromatic rings. The lowest BCUT2D eigenvalue weighted by atomic mass is 10.0. The molecule has 0 fully saturated rings. The van der Waals surface area contributed by atoms with Gasteiger partial charge in [-0.25, -0.2) is 4.79 Å². The summed E-state index contributed by atoms with van der Waals surface area (Å²) in [6.07, 6.45) is 2.65. The Kier molecular flexibility index (Phi) is 3.84. The van der Waals surface area contributed by atoms with Crippen molar-refractivity contribution in [2.75, 3.05) is 0 Å². The van der Waals surface area contributed by atoms with Crippen LogP contribution in [0.15, 0.2) is 41.5 Å². The lowest BCUT2D eigenvalue weighted by Crippen LogP contribution is -2.19. The number of nitrogens with zero attached hydrogens (tertiary/aromatic N) is 2. The third-order valence-corrected chi connectivity index (χ3v) is 3.07. The van der Waals surface area contributed by atoms with Crippen LogP contribution in [0.5, 0.6) is 0 Å². The highest BCUT2D eigenvalue weighted by molar-refractivity contribution is 5.89. The van der Waals surface area contributed by atoms with E-state index in [1.807, 2.05) is 0 Å². The molecule has 0 atom stereocenters. The van der Waals surface area contributed by atoms with E-state index in [1.165, 1.54) is 35.2 Å². The Bertz CT molecular complexity index is 779. The largest absolute Gasteiger partial charge is 0.477 e. The normalized spacial score (nSPS) is 10.3. The molecule has 0 unspecified atom stereocenters. The zero-order chi connectivity index (χ0) is 15.6. The van der Waals surface area contributed by atoms with Gasteiger partial charge >= 0.3 is 5.97 Å². The summed E-state index contributed by atoms with van der Waals surface area (Å²) < 4.78 is 1.51. The Balaban J connectivity index is 2.81. The molecule has 21 heavy (non-hydrogen) atoms. The molecule has 0 saturated heterocycles. The molecular weight excluding hydrogens is 276 g/mol. The summed E-state index contributed by atoms with van der Waals surface area (Å²) in [6, 6.07) is 5.76. The minimum atomic E-state index is -1.36. The molecule has 0 saturated carbocycles. The monoisotopic (exact) mass is 288 g/mol. The number of nitro groups is 1. The van der Waals surface area contributed by atoms with Crippen molar-refractivity contribution in [1.82, 2.24) is 4.57 Å². The second-order valence-electron chi connectivity index (χ2n) is 4.32. The SMILES string of the molecule is CCn1cc(C(=O)O)c(=O)c(-c2ccccc2[N+](=O)[O-])c1. The van der Waals surface area contributed by atoms with Crippen LogP contribution in [-0.2, 0) is 6.54 Å². The van der Waals surface area contributed by atoms with Gasteiger partial charge in [-0.15, -0.1) is 0 Å². The number of aromatic nitrogens is 1. The molecule has 1 aromatic carbocycles. The lowest BCUT2D eigenvalue weighted by molar-refractivity contribution is -0.384. The van der Waals surface area contributed by atoms with Crippen molar-refractivity contribution in [2.45, 2.75) is 13.5 Å². The van der Waals surface area contributed by atoms with Crippen LogP contribution in [0.4, 0.5) is 5.69 Å². The predicted octanol–water partition coefficient (Wildman–Crippen LogP) is 2.14. The number of aromatic carboxylic acids is 1. The number of aryl methyl sites for hydroxylation is 1. The van der Waals surface area contributed by atoms with Gasteiger partial charge in [0.1, 0.15) is 5.56 Å². The number of pyridine rings is 1. The van der Waals surface area contributed by atoms with Crippen LogP contribution in [-0.4, -0.2) is 20.6 Å². The van der Waals surface area contributed by atoms with Crippen LogP contribution in [0.1, 0.15) is 17.3 Å². The number of rotatable bonds is 4. The van der Waals surface area contributed by atoms with Crippen LogP contribution in [0.3, 0.4) is 0 Å². The molecule has 108 valence electrons. The Morgan fingerprint density at radius 1 is 1.29 bits per heavy atom. The number of benzene rings is 1. The van der Waals surface area contributed by atoms with Gasteiger partial charge < -0.3 is 9.67 Å². The standard InChI is InChI=1S/C14H12N2O5/c1-2-15-7-10(13(17)11(8-15)14(18)19)9-5-3-4-6-12(9)16(20)21/h3-8H,2H2,1H3,(H,18,19). The summed E-state index contributed by atoms with van der Waals surface area (Å²) in [5.41, 5.74) is -1.27. The zero-order valence-electron chi connectivity index (χ0n) is 11.1. The molecule has 0 radical (unpaired) electrons. The molecule has 1 heterocycles. The first-order valence-electron chi connectivity index (χ1n) is 6.17. The van der Waals surface area contributed by atoms with Crippen molar-refractivity contribution in [3.05, 3.63) is 62.6 Å². The fourth-order valence-corrected chi connectivity index (χ4v) is 2.02. The summed E-state index contributed by atoms with van der Waals surface area (Å²) in [7, 11) is 0. The van der Waals surface area contributed by atoms with Gasteiger partial charge in [-0.1, -0.05) is 12.1 Å². The van der Waals surface area contributed by atoms with Gasteiger partial charge in [0.15, 0.2) is 0 Å². The molecule has 1 aromatic heterocycles. The molecule has 0 aliphatic carbocycles. The van der Waals surface area contributed by atoms with Crippen molar-refractivity contribution in [2.24, 2.45) is 0 Å². The van der Waals surface area contributed by atoms with Gasteiger partial charge in [-0.05, 0) is 13.0 Å². The highest BCUT2D eigenvalue weighted by Gasteiger charge is 2.20. The number of nitro benzene ring substituents is 1. The number of carboxylic acids is 1. The quantitative estimate of drug-likeness (QED) is 0.685. The zero-order valence-corrected chi connectivity index (χ0v) is 11.1. The van der Waals surface area contributed by atoms with E-state index < -0.39 is 21.9 Å². The minimum absolute atomic E-state index is 0.00375. The Hall–Kier alpha value is -2.96. The average molecular weight is 288 g/mol. The van der Waals surface area contributed by atoms with Gasteiger partial charge in [0.2, 0.25) is 5.43 Å². The number of carbonyl (C=O) groups is 1. The minimum Gasteiger partial charge on any atom is -0.477 e. The fraction of sp³-hybridized carbons (Fsp3) is 0.143. The molecular formula is C14H12N2O5. The topological polar surface area (TPSA) is 102 Å². The van der Waals surface area contributed by atoms with Crippen LogP contribution < -0.4 is 5.43 Å². The maximum atomic E-state index is 12.2. The van der Waals surface area contributed by atoms with E-state index in [-0.39, 0.29) is 16.8 Å². The van der Waals surface area contributed by atoms with Gasteiger partial charge in [0, 0.05) is 25.0 Å². The molecule has 7 heteroatoms. The summed E-state index contributed by atoms with van der Waals surface area (Å²) in [5.74, 6) is -1.36. The van der Waals surface area contributed by atoms with E-state index in [1.54, 1.807) is 13.0 Å². The van der Waals surface area contributed by atoms with E-state index in [4.69, 9.17) is 5.11 Å². The maximum Gasteiger partial charge on any atom is 0.341 e. The van der Waals surface area contributed by atoms with Crippen molar-refractivity contribution in [1.29, 1.82) is 0 Å². The van der Waals surface area contributed by atoms with Crippen LogP contribution in [0, 0.1) is 10.1 Å². The van der Waals surface area contributed by atoms with E-state index in [2.05, 4.69) is 0 Å². The first kappa shape index (κ1) is 14.4. The van der Waals surface area contributed by atoms with E-state index >= 15 is 0 Å². The second kappa shape index (κ2) is 5.58. The molecule has 0 aliphatic rings. The van der Waals surface area contributed by atoms with E-state index in [9.17, 15) is 19.7 Å². The smallest absolute Gasteiger partial charge is 0.341 e. The Labute approximate surface area is 119 Å². The molecule has 7 nitrogen and oxygen atoms in total. The highest BCUT2D eigenvalue weighted by Crippen LogP contribution is 2.27. The Morgan fingerprint density at radius 3 is 2.52 bits per heavy atom. The maximum absolute atomic E-state index is 12.2. The first-order valence-corrected chi connectivity index (χ1v) is 6.17. The van der Waals surface area contributed by atoms with Crippen LogP contribution in [0.2, 0.25) is 0 Å². The summed E-state index contributed by atoms with van der Waals surface area (Å²) in [6.45, 7) is 2.22. The first-order chi connectivity index (χ1) is 9.95. The van der Waals surface area contributed by atoms with Crippen molar-refractivity contribution in [3.8, 4) is 11.1 Å². The summed E-state index contributed by atoms with van der Waals surface area (Å²) in [4.78, 5) is 33.8. The molecule has 0 spiro atoms. The lowest BCUT2D eigenvalue weighted by Gasteiger charge is -2.09. The highest BCUT2D eigenvalue weighted by atomic mass is 16.6. The predicted molar refractivity (Wildman–Crippen MR) is 75.4 cm³/mol. The molecule has 1 N–H and O–H groups in total. The second-order valence-corrected chi connectivity index (χ2v) is 4.32. The van der Waals surface area contributed by atoms with Crippen molar-refractivity contribution < 1.29 is 14.8 Å². The third-order valence-electron chi connectivity index (χ3n) is 3.07. The molecule has 2 rings (SSSR count). The Morgan fingerprint density at radius 2 is 1.95 bits per heavy atom. The van der Waals surface area contributed by atoms with E-state index in [0.29, 0.717) is 6.54 Å². The van der Waals surface area contributed by atoms with Crippen LogP contribution >= 0.6 is 0 Å². The van der Waals surface area contributed by atoms with Crippen LogP contribution in [0.25, 0.3) is 11.1 Å². The molecule has 0 aliphatic heterocycles. The van der Waals surface area contributed by atoms with Gasteiger partial charge in [-0.3, -0.25) is 14.9 Å². The van der Waals surface area contributed by atoms with Crippen molar-refractivity contribution >= 4 is 11.7 Å². The fourth-order valence-electron chi connectivity index (χ4n) is 2.02. The third kappa shape index (κ3) is 2.66. The summed E-state index contributed by atoms with van der Waals surface area (Å²) in [5, 5.41) is 20.1. The van der Waals surface area contributed by atoms with Gasteiger partial charge in [0.05, 0.1) is 16.1 Å². The van der Waals surface area contributed by atoms with E-state index in [0.717, 1.165) is 0 Å². The number of hydrogen-bond donors (Lipinski definition) is 1. The van der Waals surface area contributed by atoms with Gasteiger partial charge in [0.25, 0.3) is 5.69 Å². The average Bonchev–Trinajstić information content (AvgIpc) is 2.47. The molecule has 0 amide bonds. The number of para-hydroxylation sites is 1. The van der Waals surface area contributed by atoms with Crippen molar-refractivity contribution in [3.63, 3.8) is 0 Å². The van der Waals surface area contributed by atoms with Gasteiger partial charge in [-0.2, -0.15) is 0 Å². The summed E-state index contributed by atoms with van der Waals surface area (Å²) >= 11 is 0. The number of hydrogen-bond acceptors (Lipinski definition) is 4.